The van der Waals surface area contributed by atoms with Gasteiger partial charge in [0, 0.05) is 0 Å². The summed E-state index contributed by atoms with van der Waals surface area (Å²) >= 11 is 5.18. The lowest BCUT2D eigenvalue weighted by molar-refractivity contribution is -0.402. The predicted octanol–water partition coefficient (Wildman–Crippen LogP) is 0.877. The van der Waals surface area contributed by atoms with Crippen molar-refractivity contribution in [2.75, 3.05) is 5.88 Å². The standard InChI is InChI=1S/C7H6ClN3O4/c8-3-6(12)10-9-4-5-1-2-7(15-5)11(13)14/h1-2,4H,3H2,(H,10,12). The van der Waals surface area contributed by atoms with Crippen molar-refractivity contribution in [3.05, 3.63) is 28.0 Å². The molecule has 1 aromatic rings. The molecule has 0 radical (unpaired) electrons. The van der Waals surface area contributed by atoms with Gasteiger partial charge in [0.05, 0.1) is 12.3 Å². The fourth-order valence-electron chi connectivity index (χ4n) is 0.707. The van der Waals surface area contributed by atoms with E-state index in [2.05, 4.69) is 10.5 Å². The summed E-state index contributed by atoms with van der Waals surface area (Å²) in [6.07, 6.45) is 1.14. The summed E-state index contributed by atoms with van der Waals surface area (Å²) in [5.74, 6) is -0.916. The van der Waals surface area contributed by atoms with Crippen LogP contribution in [0.4, 0.5) is 5.88 Å². The van der Waals surface area contributed by atoms with Gasteiger partial charge in [0.15, 0.2) is 5.76 Å². The molecule has 0 atom stereocenters. The molecule has 1 aromatic heterocycles. The SMILES string of the molecule is O=C(CCl)NN=Cc1ccc([N+](=O)[O-])o1. The molecule has 1 heterocycles. The van der Waals surface area contributed by atoms with Gasteiger partial charge in [0.25, 0.3) is 5.91 Å². The Hall–Kier alpha value is -1.89. The smallest absolute Gasteiger partial charge is 0.400 e. The minimum atomic E-state index is -0.672. The lowest BCUT2D eigenvalue weighted by Gasteiger charge is -1.90. The van der Waals surface area contributed by atoms with E-state index in [1.165, 1.54) is 12.1 Å². The average Bonchev–Trinajstić information content (AvgIpc) is 2.66. The zero-order valence-corrected chi connectivity index (χ0v) is 8.10. The highest BCUT2D eigenvalue weighted by atomic mass is 35.5. The maximum Gasteiger partial charge on any atom is 0.433 e. The van der Waals surface area contributed by atoms with Crippen molar-refractivity contribution in [2.24, 2.45) is 5.10 Å². The number of rotatable bonds is 4. The third-order valence-electron chi connectivity index (χ3n) is 1.29. The highest BCUT2D eigenvalue weighted by Crippen LogP contribution is 2.13. The Morgan fingerprint density at radius 3 is 3.00 bits per heavy atom. The van der Waals surface area contributed by atoms with E-state index in [1.54, 1.807) is 0 Å². The Bertz CT molecular complexity index is 401. The van der Waals surface area contributed by atoms with E-state index < -0.39 is 10.8 Å². The van der Waals surface area contributed by atoms with Gasteiger partial charge < -0.3 is 4.42 Å². The Morgan fingerprint density at radius 2 is 2.47 bits per heavy atom. The Morgan fingerprint density at radius 1 is 1.73 bits per heavy atom. The van der Waals surface area contributed by atoms with Gasteiger partial charge in [-0.3, -0.25) is 14.9 Å². The van der Waals surface area contributed by atoms with Gasteiger partial charge in [0.2, 0.25) is 0 Å². The molecule has 0 aliphatic carbocycles. The number of nitrogens with one attached hydrogen (secondary N) is 1. The molecule has 1 N–H and O–H groups in total. The summed E-state index contributed by atoms with van der Waals surface area (Å²) in [6, 6.07) is 2.54. The van der Waals surface area contributed by atoms with Crippen LogP contribution in [0.25, 0.3) is 0 Å². The molecule has 0 aliphatic heterocycles. The third-order valence-corrected chi connectivity index (χ3v) is 1.54. The van der Waals surface area contributed by atoms with Crippen LogP contribution in [0.3, 0.4) is 0 Å². The van der Waals surface area contributed by atoms with E-state index >= 15 is 0 Å². The van der Waals surface area contributed by atoms with Crippen molar-refractivity contribution in [3.63, 3.8) is 0 Å². The van der Waals surface area contributed by atoms with Crippen molar-refractivity contribution in [3.8, 4) is 0 Å². The van der Waals surface area contributed by atoms with E-state index in [-0.39, 0.29) is 17.5 Å². The summed E-state index contributed by atoms with van der Waals surface area (Å²) in [5.41, 5.74) is 2.09. The number of carbonyl (C=O) groups is 1. The molecule has 8 heteroatoms. The first kappa shape index (κ1) is 11.2. The first-order valence-electron chi connectivity index (χ1n) is 3.75. The second-order valence-electron chi connectivity index (χ2n) is 2.36. The van der Waals surface area contributed by atoms with E-state index in [9.17, 15) is 14.9 Å². The lowest BCUT2D eigenvalue weighted by Crippen LogP contribution is -2.18. The van der Waals surface area contributed by atoms with Crippen LogP contribution in [0.1, 0.15) is 5.76 Å². The molecule has 0 aromatic carbocycles. The molecule has 1 amide bonds. The molecule has 1 rings (SSSR count). The summed E-state index contributed by atoms with van der Waals surface area (Å²) in [7, 11) is 0. The topological polar surface area (TPSA) is 97.7 Å². The molecular weight excluding hydrogens is 226 g/mol. The molecule has 0 fully saturated rings. The summed E-state index contributed by atoms with van der Waals surface area (Å²) in [5, 5.41) is 13.7. The first-order chi connectivity index (χ1) is 7.13. The number of alkyl halides is 1. The van der Waals surface area contributed by atoms with Crippen LogP contribution >= 0.6 is 11.6 Å². The molecule has 0 aliphatic rings. The summed E-state index contributed by atoms with van der Waals surface area (Å²) in [4.78, 5) is 20.2. The maximum absolute atomic E-state index is 10.6. The van der Waals surface area contributed by atoms with Crippen LogP contribution < -0.4 is 5.43 Å². The van der Waals surface area contributed by atoms with Crippen LogP contribution in [0.15, 0.2) is 21.7 Å². The Kier molecular flexibility index (Phi) is 3.81. The number of hydrogen-bond acceptors (Lipinski definition) is 5. The van der Waals surface area contributed by atoms with Crippen molar-refractivity contribution < 1.29 is 14.1 Å². The lowest BCUT2D eigenvalue weighted by atomic mass is 10.5. The second kappa shape index (κ2) is 5.11. The summed E-state index contributed by atoms with van der Waals surface area (Å²) < 4.78 is 4.73. The minimum Gasteiger partial charge on any atom is -0.400 e. The number of halogens is 1. The van der Waals surface area contributed by atoms with Crippen LogP contribution in [0.2, 0.25) is 0 Å². The maximum atomic E-state index is 10.6. The van der Waals surface area contributed by atoms with Crippen LogP contribution in [0.5, 0.6) is 0 Å². The average molecular weight is 232 g/mol. The summed E-state index contributed by atoms with van der Waals surface area (Å²) in [6.45, 7) is 0. The third kappa shape index (κ3) is 3.39. The van der Waals surface area contributed by atoms with Gasteiger partial charge in [-0.1, -0.05) is 0 Å². The number of nitro groups is 1. The quantitative estimate of drug-likeness (QED) is 0.360. The highest BCUT2D eigenvalue weighted by Gasteiger charge is 2.10. The largest absolute Gasteiger partial charge is 0.433 e. The molecule has 0 saturated carbocycles. The van der Waals surface area contributed by atoms with Crippen molar-refractivity contribution in [1.82, 2.24) is 5.43 Å². The van der Waals surface area contributed by atoms with Gasteiger partial charge in [0.1, 0.15) is 10.8 Å². The number of nitrogens with zero attached hydrogens (tertiary/aromatic N) is 2. The zero-order chi connectivity index (χ0) is 11.3. The molecular formula is C7H6ClN3O4. The van der Waals surface area contributed by atoms with Gasteiger partial charge in [-0.05, 0) is 6.07 Å². The molecule has 15 heavy (non-hydrogen) atoms. The monoisotopic (exact) mass is 231 g/mol. The van der Waals surface area contributed by atoms with Gasteiger partial charge in [-0.2, -0.15) is 5.10 Å². The van der Waals surface area contributed by atoms with Crippen molar-refractivity contribution in [1.29, 1.82) is 0 Å². The fourth-order valence-corrected chi connectivity index (χ4v) is 0.767. The van der Waals surface area contributed by atoms with Gasteiger partial charge in [-0.25, -0.2) is 5.43 Å². The highest BCUT2D eigenvalue weighted by molar-refractivity contribution is 6.27. The fraction of sp³-hybridized carbons (Fsp3) is 0.143. The molecule has 0 bridgehead atoms. The van der Waals surface area contributed by atoms with Crippen LogP contribution in [-0.2, 0) is 4.79 Å². The number of furan rings is 1. The van der Waals surface area contributed by atoms with E-state index in [0.717, 1.165) is 6.21 Å². The Balaban J connectivity index is 2.57. The van der Waals surface area contributed by atoms with Gasteiger partial charge >= 0.3 is 5.88 Å². The molecule has 0 saturated heterocycles. The number of carbonyl (C=O) groups excluding carboxylic acids is 1. The number of hydrogen-bond donors (Lipinski definition) is 1. The molecule has 0 spiro atoms. The van der Waals surface area contributed by atoms with Crippen molar-refractivity contribution in [2.45, 2.75) is 0 Å². The van der Waals surface area contributed by atoms with E-state index in [0.29, 0.717) is 0 Å². The normalized spacial score (nSPS) is 10.5. The number of hydrazone groups is 1. The van der Waals surface area contributed by atoms with E-state index in [4.69, 9.17) is 16.0 Å². The van der Waals surface area contributed by atoms with E-state index in [1.807, 2.05) is 0 Å². The van der Waals surface area contributed by atoms with Crippen molar-refractivity contribution >= 4 is 29.6 Å². The zero-order valence-electron chi connectivity index (χ0n) is 7.34. The molecule has 0 unspecified atom stereocenters. The second-order valence-corrected chi connectivity index (χ2v) is 2.63. The van der Waals surface area contributed by atoms with Crippen LogP contribution in [0, 0.1) is 10.1 Å². The minimum absolute atomic E-state index is 0.163. The Labute approximate surface area is 88.9 Å². The molecule has 7 nitrogen and oxygen atoms in total. The van der Waals surface area contributed by atoms with Gasteiger partial charge in [-0.15, -0.1) is 11.6 Å². The van der Waals surface area contributed by atoms with Crippen LogP contribution in [-0.4, -0.2) is 22.9 Å². The molecule has 80 valence electrons. The predicted molar refractivity (Wildman–Crippen MR) is 51.8 cm³/mol. The first-order valence-corrected chi connectivity index (χ1v) is 4.29. The number of amides is 1.